The second-order valence-corrected chi connectivity index (χ2v) is 8.16. The molecule has 2 aromatic carbocycles. The van der Waals surface area contributed by atoms with Crippen molar-refractivity contribution in [3.63, 3.8) is 0 Å². The smallest absolute Gasteiger partial charge is 0.255 e. The van der Waals surface area contributed by atoms with Crippen LogP contribution in [0.15, 0.2) is 64.9 Å². The van der Waals surface area contributed by atoms with Crippen molar-refractivity contribution in [2.45, 2.75) is 24.1 Å². The van der Waals surface area contributed by atoms with E-state index in [-0.39, 0.29) is 12.5 Å². The Balaban J connectivity index is 1.77. The van der Waals surface area contributed by atoms with Gasteiger partial charge in [-0.15, -0.1) is 23.1 Å². The molecule has 3 rings (SSSR count). The zero-order valence-electron chi connectivity index (χ0n) is 15.2. The van der Waals surface area contributed by atoms with Gasteiger partial charge in [0, 0.05) is 29.1 Å². The van der Waals surface area contributed by atoms with E-state index < -0.39 is 0 Å². The SMILES string of the molecule is Cc1nc(CSc2ccccc2C(=O)N(CCO)Cc2ccccc2)cs1. The number of thioether (sulfide) groups is 1. The predicted octanol–water partition coefficient (Wildman–Crippen LogP) is 4.38. The second-order valence-electron chi connectivity index (χ2n) is 6.08. The van der Waals surface area contributed by atoms with Crippen molar-refractivity contribution in [3.8, 4) is 0 Å². The van der Waals surface area contributed by atoms with Gasteiger partial charge in [-0.1, -0.05) is 42.5 Å². The lowest BCUT2D eigenvalue weighted by Gasteiger charge is -2.23. The number of nitrogens with zero attached hydrogens (tertiary/aromatic N) is 2. The molecule has 0 radical (unpaired) electrons. The predicted molar refractivity (Wildman–Crippen MR) is 111 cm³/mol. The number of aliphatic hydroxyl groups excluding tert-OH is 1. The van der Waals surface area contributed by atoms with Crippen LogP contribution in [0.25, 0.3) is 0 Å². The third-order valence-electron chi connectivity index (χ3n) is 4.03. The van der Waals surface area contributed by atoms with Gasteiger partial charge in [0.1, 0.15) is 0 Å². The molecular formula is C21H22N2O2S2. The first kappa shape index (κ1) is 19.6. The Morgan fingerprint density at radius 3 is 2.59 bits per heavy atom. The molecule has 0 atom stereocenters. The van der Waals surface area contributed by atoms with Crippen molar-refractivity contribution in [3.05, 3.63) is 81.8 Å². The van der Waals surface area contributed by atoms with Gasteiger partial charge in [0.05, 0.1) is 22.9 Å². The quantitative estimate of drug-likeness (QED) is 0.572. The Hall–Kier alpha value is -2.15. The summed E-state index contributed by atoms with van der Waals surface area (Å²) in [6.45, 7) is 2.71. The summed E-state index contributed by atoms with van der Waals surface area (Å²) in [7, 11) is 0. The highest BCUT2D eigenvalue weighted by Gasteiger charge is 2.19. The van der Waals surface area contributed by atoms with Gasteiger partial charge in [0.25, 0.3) is 5.91 Å². The van der Waals surface area contributed by atoms with Crippen LogP contribution in [0.1, 0.15) is 26.6 Å². The number of aryl methyl sites for hydroxylation is 1. The third-order valence-corrected chi connectivity index (χ3v) is 5.96. The van der Waals surface area contributed by atoms with E-state index in [1.807, 2.05) is 61.5 Å². The van der Waals surface area contributed by atoms with E-state index in [2.05, 4.69) is 10.4 Å². The molecule has 0 aliphatic carbocycles. The molecule has 0 aliphatic rings. The minimum Gasteiger partial charge on any atom is -0.395 e. The van der Waals surface area contributed by atoms with Crippen LogP contribution < -0.4 is 0 Å². The maximum Gasteiger partial charge on any atom is 0.255 e. The summed E-state index contributed by atoms with van der Waals surface area (Å²) in [4.78, 5) is 20.3. The summed E-state index contributed by atoms with van der Waals surface area (Å²) in [6, 6.07) is 17.5. The fraction of sp³-hybridized carbons (Fsp3) is 0.238. The highest BCUT2D eigenvalue weighted by Crippen LogP contribution is 2.28. The van der Waals surface area contributed by atoms with Gasteiger partial charge in [-0.3, -0.25) is 4.79 Å². The Morgan fingerprint density at radius 1 is 1.15 bits per heavy atom. The number of aliphatic hydroxyl groups is 1. The van der Waals surface area contributed by atoms with Gasteiger partial charge in [-0.25, -0.2) is 4.98 Å². The first-order valence-corrected chi connectivity index (χ1v) is 10.6. The molecule has 0 bridgehead atoms. The monoisotopic (exact) mass is 398 g/mol. The largest absolute Gasteiger partial charge is 0.395 e. The Labute approximate surface area is 167 Å². The van der Waals surface area contributed by atoms with Crippen LogP contribution in [-0.2, 0) is 12.3 Å². The number of carbonyl (C=O) groups is 1. The van der Waals surface area contributed by atoms with Crippen LogP contribution in [0.4, 0.5) is 0 Å². The molecule has 0 fully saturated rings. The van der Waals surface area contributed by atoms with Crippen molar-refractivity contribution in [2.75, 3.05) is 13.2 Å². The van der Waals surface area contributed by atoms with Crippen molar-refractivity contribution < 1.29 is 9.90 Å². The molecule has 0 unspecified atom stereocenters. The molecule has 6 heteroatoms. The van der Waals surface area contributed by atoms with Crippen molar-refractivity contribution in [2.24, 2.45) is 0 Å². The molecule has 27 heavy (non-hydrogen) atoms. The van der Waals surface area contributed by atoms with Crippen LogP contribution >= 0.6 is 23.1 Å². The van der Waals surface area contributed by atoms with Gasteiger partial charge >= 0.3 is 0 Å². The average Bonchev–Trinajstić information content (AvgIpc) is 3.12. The Bertz CT molecular complexity index is 881. The van der Waals surface area contributed by atoms with Gasteiger partial charge in [-0.05, 0) is 24.6 Å². The fourth-order valence-electron chi connectivity index (χ4n) is 2.74. The standard InChI is InChI=1S/C21H22N2O2S2/c1-16-22-18(14-26-16)15-27-20-10-6-5-9-19(20)21(25)23(11-12-24)13-17-7-3-2-4-8-17/h2-10,14,24H,11-13,15H2,1H3. The summed E-state index contributed by atoms with van der Waals surface area (Å²) >= 11 is 3.25. The maximum atomic E-state index is 13.2. The Morgan fingerprint density at radius 2 is 1.89 bits per heavy atom. The van der Waals surface area contributed by atoms with Crippen molar-refractivity contribution in [1.29, 1.82) is 0 Å². The highest BCUT2D eigenvalue weighted by molar-refractivity contribution is 7.98. The molecule has 0 aliphatic heterocycles. The molecule has 1 aromatic heterocycles. The topological polar surface area (TPSA) is 53.4 Å². The van der Waals surface area contributed by atoms with E-state index in [0.29, 0.717) is 18.7 Å². The summed E-state index contributed by atoms with van der Waals surface area (Å²) in [5.41, 5.74) is 2.74. The van der Waals surface area contributed by atoms with Crippen LogP contribution in [-0.4, -0.2) is 34.0 Å². The summed E-state index contributed by atoms with van der Waals surface area (Å²) in [5, 5.41) is 12.5. The molecule has 1 heterocycles. The lowest BCUT2D eigenvalue weighted by atomic mass is 10.1. The maximum absolute atomic E-state index is 13.2. The minimum atomic E-state index is -0.0644. The van der Waals surface area contributed by atoms with Crippen LogP contribution in [0, 0.1) is 6.92 Å². The highest BCUT2D eigenvalue weighted by atomic mass is 32.2. The summed E-state index contributed by atoms with van der Waals surface area (Å²) in [6.07, 6.45) is 0. The van der Waals surface area contributed by atoms with E-state index in [1.165, 1.54) is 0 Å². The van der Waals surface area contributed by atoms with E-state index in [9.17, 15) is 9.90 Å². The lowest BCUT2D eigenvalue weighted by Crippen LogP contribution is -2.33. The number of aromatic nitrogens is 1. The minimum absolute atomic E-state index is 0.0635. The zero-order valence-corrected chi connectivity index (χ0v) is 16.8. The third kappa shape index (κ3) is 5.42. The number of hydrogen-bond acceptors (Lipinski definition) is 5. The molecule has 3 aromatic rings. The van der Waals surface area contributed by atoms with Gasteiger partial charge in [0.15, 0.2) is 0 Å². The first-order chi connectivity index (χ1) is 13.2. The van der Waals surface area contributed by atoms with Gasteiger partial charge in [0.2, 0.25) is 0 Å². The first-order valence-electron chi connectivity index (χ1n) is 8.74. The zero-order chi connectivity index (χ0) is 19.1. The molecule has 4 nitrogen and oxygen atoms in total. The molecule has 1 amide bonds. The average molecular weight is 399 g/mol. The van der Waals surface area contributed by atoms with Crippen LogP contribution in [0.3, 0.4) is 0 Å². The molecule has 140 valence electrons. The van der Waals surface area contributed by atoms with E-state index in [4.69, 9.17) is 0 Å². The molecular weight excluding hydrogens is 376 g/mol. The number of carbonyl (C=O) groups excluding carboxylic acids is 1. The number of thiazole rings is 1. The number of hydrogen-bond donors (Lipinski definition) is 1. The second kappa shape index (κ2) is 9.69. The van der Waals surface area contributed by atoms with Gasteiger partial charge in [-0.2, -0.15) is 0 Å². The van der Waals surface area contributed by atoms with Crippen LogP contribution in [0.5, 0.6) is 0 Å². The summed E-state index contributed by atoms with van der Waals surface area (Å²) in [5.74, 6) is 0.665. The lowest BCUT2D eigenvalue weighted by molar-refractivity contribution is 0.0704. The molecule has 0 saturated heterocycles. The number of amides is 1. The van der Waals surface area contributed by atoms with E-state index in [1.54, 1.807) is 28.0 Å². The van der Waals surface area contributed by atoms with Crippen molar-refractivity contribution in [1.82, 2.24) is 9.88 Å². The number of benzene rings is 2. The van der Waals surface area contributed by atoms with E-state index >= 15 is 0 Å². The number of rotatable bonds is 8. The van der Waals surface area contributed by atoms with Crippen LogP contribution in [0.2, 0.25) is 0 Å². The molecule has 0 saturated carbocycles. The normalized spacial score (nSPS) is 10.7. The molecule has 0 spiro atoms. The Kier molecular flexibility index (Phi) is 7.04. The fourth-order valence-corrected chi connectivity index (χ4v) is 4.40. The van der Waals surface area contributed by atoms with Gasteiger partial charge < -0.3 is 10.0 Å². The van der Waals surface area contributed by atoms with E-state index in [0.717, 1.165) is 26.9 Å². The molecule has 1 N–H and O–H groups in total. The van der Waals surface area contributed by atoms with Crippen molar-refractivity contribution >= 4 is 29.0 Å². The summed E-state index contributed by atoms with van der Waals surface area (Å²) < 4.78 is 0.